The number of likely N-dealkylation sites (N-methyl/N-ethyl adjacent to an activating group) is 1. The quantitative estimate of drug-likeness (QED) is 0.661. The number of ether oxygens (including phenoxy) is 2. The molecule has 0 atom stereocenters. The van der Waals surface area contributed by atoms with Crippen molar-refractivity contribution in [3.63, 3.8) is 0 Å². The van der Waals surface area contributed by atoms with Crippen LogP contribution in [0.5, 0.6) is 5.75 Å². The first-order valence-electron chi connectivity index (χ1n) is 6.88. The molecule has 0 aliphatic heterocycles. The molecule has 0 fully saturated rings. The number of amides is 1. The fraction of sp³-hybridized carbons (Fsp3) is 0.500. The average molecular weight is 348 g/mol. The second-order valence-electron chi connectivity index (χ2n) is 4.75. The molecule has 0 aliphatic carbocycles. The summed E-state index contributed by atoms with van der Waals surface area (Å²) in [7, 11) is 0.0293. The van der Waals surface area contributed by atoms with Crippen molar-refractivity contribution in [1.82, 2.24) is 9.62 Å². The molecule has 0 saturated carbocycles. The van der Waals surface area contributed by atoms with Gasteiger partial charge < -0.3 is 14.8 Å². The molecule has 0 bridgehead atoms. The van der Waals surface area contributed by atoms with Crippen LogP contribution in [0, 0.1) is 5.82 Å². The molecule has 1 amide bonds. The number of methoxy groups -OCH3 is 2. The molecule has 0 heterocycles. The van der Waals surface area contributed by atoms with Crippen molar-refractivity contribution in [1.29, 1.82) is 0 Å². The minimum absolute atomic E-state index is 0.0127. The Hall–Kier alpha value is -1.71. The molecule has 1 N–H and O–H groups in total. The number of nitrogens with zero attached hydrogens (tertiary/aromatic N) is 1. The number of sulfonamides is 1. The van der Waals surface area contributed by atoms with Crippen LogP contribution in [0.4, 0.5) is 4.39 Å². The molecule has 7 nitrogen and oxygen atoms in total. The second-order valence-corrected chi connectivity index (χ2v) is 6.77. The van der Waals surface area contributed by atoms with E-state index in [0.29, 0.717) is 19.6 Å². The van der Waals surface area contributed by atoms with Crippen LogP contribution >= 0.6 is 0 Å². The summed E-state index contributed by atoms with van der Waals surface area (Å²) in [5.74, 6) is -1.15. The smallest absolute Gasteiger partial charge is 0.247 e. The fourth-order valence-electron chi connectivity index (χ4n) is 1.81. The van der Waals surface area contributed by atoms with Crippen LogP contribution in [0.1, 0.15) is 6.42 Å². The maximum Gasteiger partial charge on any atom is 0.247 e. The van der Waals surface area contributed by atoms with E-state index in [0.717, 1.165) is 16.4 Å². The Morgan fingerprint density at radius 1 is 1.35 bits per heavy atom. The molecule has 1 aromatic rings. The van der Waals surface area contributed by atoms with E-state index in [4.69, 9.17) is 9.47 Å². The molecule has 1 aromatic carbocycles. The largest absolute Gasteiger partial charge is 0.495 e. The minimum Gasteiger partial charge on any atom is -0.495 e. The molecule has 9 heteroatoms. The Kier molecular flexibility index (Phi) is 7.40. The molecule has 0 unspecified atom stereocenters. The highest BCUT2D eigenvalue weighted by molar-refractivity contribution is 7.89. The van der Waals surface area contributed by atoms with Crippen molar-refractivity contribution in [2.24, 2.45) is 0 Å². The summed E-state index contributed by atoms with van der Waals surface area (Å²) in [6.07, 6.45) is 0.621. The van der Waals surface area contributed by atoms with Crippen LogP contribution in [0.3, 0.4) is 0 Å². The second kappa shape index (κ2) is 8.80. The van der Waals surface area contributed by atoms with Crippen molar-refractivity contribution < 1.29 is 27.1 Å². The average Bonchev–Trinajstić information content (AvgIpc) is 2.51. The first-order valence-corrected chi connectivity index (χ1v) is 8.32. The van der Waals surface area contributed by atoms with Crippen molar-refractivity contribution >= 4 is 15.9 Å². The summed E-state index contributed by atoms with van der Waals surface area (Å²) in [4.78, 5) is 11.4. The van der Waals surface area contributed by atoms with Crippen LogP contribution in [0.25, 0.3) is 0 Å². The third-order valence-electron chi connectivity index (χ3n) is 3.03. The number of halogens is 1. The van der Waals surface area contributed by atoms with Crippen LogP contribution < -0.4 is 10.1 Å². The molecule has 23 heavy (non-hydrogen) atoms. The van der Waals surface area contributed by atoms with E-state index >= 15 is 0 Å². The minimum atomic E-state index is -4.05. The van der Waals surface area contributed by atoms with Gasteiger partial charge in [-0.15, -0.1) is 0 Å². The van der Waals surface area contributed by atoms with Gasteiger partial charge in [0.1, 0.15) is 16.5 Å². The number of carbonyl (C=O) groups excluding carboxylic acids is 1. The lowest BCUT2D eigenvalue weighted by Gasteiger charge is -2.18. The van der Waals surface area contributed by atoms with Gasteiger partial charge in [0.15, 0.2) is 0 Å². The van der Waals surface area contributed by atoms with Gasteiger partial charge in [-0.2, -0.15) is 4.31 Å². The number of hydrogen-bond acceptors (Lipinski definition) is 5. The Bertz CT molecular complexity index is 636. The zero-order valence-electron chi connectivity index (χ0n) is 13.3. The predicted octanol–water partition coefficient (Wildman–Crippen LogP) is 0.608. The fourth-order valence-corrected chi connectivity index (χ4v) is 3.10. The van der Waals surface area contributed by atoms with Gasteiger partial charge in [-0.3, -0.25) is 4.79 Å². The van der Waals surface area contributed by atoms with Crippen molar-refractivity contribution in [2.45, 2.75) is 11.3 Å². The lowest BCUT2D eigenvalue weighted by molar-refractivity contribution is -0.121. The monoisotopic (exact) mass is 348 g/mol. The molecule has 0 saturated heterocycles. The Labute approximate surface area is 135 Å². The molecule has 0 aromatic heterocycles. The van der Waals surface area contributed by atoms with Gasteiger partial charge in [-0.1, -0.05) is 0 Å². The van der Waals surface area contributed by atoms with Gasteiger partial charge in [0, 0.05) is 27.3 Å². The topological polar surface area (TPSA) is 84.9 Å². The summed E-state index contributed by atoms with van der Waals surface area (Å²) in [6.45, 7) is 0.494. The van der Waals surface area contributed by atoms with Gasteiger partial charge in [0.25, 0.3) is 0 Å². The molecule has 0 radical (unpaired) electrons. The van der Waals surface area contributed by atoms with Crippen LogP contribution in [-0.4, -0.2) is 59.6 Å². The van der Waals surface area contributed by atoms with E-state index < -0.39 is 21.7 Å². The first kappa shape index (κ1) is 19.3. The number of nitrogens with one attached hydrogen (secondary N) is 1. The molecule has 130 valence electrons. The van der Waals surface area contributed by atoms with E-state index in [-0.39, 0.29) is 17.2 Å². The van der Waals surface area contributed by atoms with E-state index in [2.05, 4.69) is 5.32 Å². The zero-order chi connectivity index (χ0) is 17.5. The third kappa shape index (κ3) is 5.45. The van der Waals surface area contributed by atoms with Crippen molar-refractivity contribution in [3.8, 4) is 5.75 Å². The van der Waals surface area contributed by atoms with Crippen molar-refractivity contribution in [3.05, 3.63) is 24.0 Å². The summed E-state index contributed by atoms with van der Waals surface area (Å²) < 4.78 is 48.9. The number of carbonyl (C=O) groups is 1. The standard InChI is InChI=1S/C14H21FN2O5S/c1-17(10-14(18)16-7-4-8-21-2)23(19,20)13-9-11(15)5-6-12(13)22-3/h5-6,9H,4,7-8,10H2,1-3H3,(H,16,18). The molecule has 1 rings (SSSR count). The normalized spacial score (nSPS) is 11.5. The molecule has 0 aliphatic rings. The van der Waals surface area contributed by atoms with Gasteiger partial charge in [0.2, 0.25) is 15.9 Å². The summed E-state index contributed by atoms with van der Waals surface area (Å²) in [5, 5.41) is 2.58. The third-order valence-corrected chi connectivity index (χ3v) is 4.85. The Morgan fingerprint density at radius 3 is 2.65 bits per heavy atom. The zero-order valence-corrected chi connectivity index (χ0v) is 14.2. The number of hydrogen-bond donors (Lipinski definition) is 1. The number of rotatable bonds is 9. The van der Waals surface area contributed by atoms with Crippen molar-refractivity contribution in [2.75, 3.05) is 41.0 Å². The predicted molar refractivity (Wildman–Crippen MR) is 82.3 cm³/mol. The van der Waals surface area contributed by atoms with Gasteiger partial charge in [-0.05, 0) is 24.6 Å². The highest BCUT2D eigenvalue weighted by Crippen LogP contribution is 2.26. The highest BCUT2D eigenvalue weighted by atomic mass is 32.2. The highest BCUT2D eigenvalue weighted by Gasteiger charge is 2.26. The van der Waals surface area contributed by atoms with E-state index in [1.54, 1.807) is 7.11 Å². The van der Waals surface area contributed by atoms with Gasteiger partial charge >= 0.3 is 0 Å². The lowest BCUT2D eigenvalue weighted by Crippen LogP contribution is -2.38. The number of benzene rings is 1. The van der Waals surface area contributed by atoms with E-state index in [1.807, 2.05) is 0 Å². The Morgan fingerprint density at radius 2 is 2.04 bits per heavy atom. The lowest BCUT2D eigenvalue weighted by atomic mass is 10.3. The van der Waals surface area contributed by atoms with Gasteiger partial charge in [-0.25, -0.2) is 12.8 Å². The summed E-state index contributed by atoms with van der Waals surface area (Å²) >= 11 is 0. The van der Waals surface area contributed by atoms with E-state index in [9.17, 15) is 17.6 Å². The van der Waals surface area contributed by atoms with Crippen LogP contribution in [-0.2, 0) is 19.6 Å². The van der Waals surface area contributed by atoms with Gasteiger partial charge in [0.05, 0.1) is 13.7 Å². The van der Waals surface area contributed by atoms with Crippen LogP contribution in [0.15, 0.2) is 23.1 Å². The van der Waals surface area contributed by atoms with E-state index in [1.165, 1.54) is 20.2 Å². The molecular weight excluding hydrogens is 327 g/mol. The molecular formula is C14H21FN2O5S. The maximum atomic E-state index is 13.3. The maximum absolute atomic E-state index is 13.3. The summed E-state index contributed by atoms with van der Waals surface area (Å²) in [6, 6.07) is 3.18. The first-order chi connectivity index (χ1) is 10.8. The van der Waals surface area contributed by atoms with Crippen LogP contribution in [0.2, 0.25) is 0 Å². The SMILES string of the molecule is COCCCNC(=O)CN(C)S(=O)(=O)c1cc(F)ccc1OC. The summed E-state index contributed by atoms with van der Waals surface area (Å²) in [5.41, 5.74) is 0. The molecule has 0 spiro atoms. The Balaban J connectivity index is 2.80.